The summed E-state index contributed by atoms with van der Waals surface area (Å²) >= 11 is 0. The fourth-order valence-electron chi connectivity index (χ4n) is 4.33. The van der Waals surface area contributed by atoms with Crippen LogP contribution < -0.4 is 5.32 Å². The quantitative estimate of drug-likeness (QED) is 0.510. The fourth-order valence-corrected chi connectivity index (χ4v) is 4.33. The minimum absolute atomic E-state index is 0.00514. The lowest BCUT2D eigenvalue weighted by atomic mass is 9.91. The molecule has 1 amide bonds. The number of rotatable bonds is 6. The van der Waals surface area contributed by atoms with Crippen molar-refractivity contribution in [1.82, 2.24) is 10.2 Å². The number of carbonyl (C=O) groups excluding carboxylic acids is 2. The van der Waals surface area contributed by atoms with Crippen molar-refractivity contribution >= 4 is 11.9 Å². The standard InChI is InChI=1S/C28H32N2O5/c1-33-28(32)26(24-12-16-34-17-13-24)29-27(31)25-10-8-22(9-11-25)3-2-21-4-6-23(7-5-21)20-30-14-18-35-19-15-30/h4-11,24,26H,12-20H2,1H3,(H,29,31). The summed E-state index contributed by atoms with van der Waals surface area (Å²) in [5.74, 6) is 5.61. The second kappa shape index (κ2) is 12.5. The first-order valence-corrected chi connectivity index (χ1v) is 12.1. The monoisotopic (exact) mass is 476 g/mol. The molecule has 2 fully saturated rings. The zero-order valence-corrected chi connectivity index (χ0v) is 20.1. The summed E-state index contributed by atoms with van der Waals surface area (Å²) in [7, 11) is 1.34. The Kier molecular flexibility index (Phi) is 8.90. The third kappa shape index (κ3) is 7.15. The van der Waals surface area contributed by atoms with Gasteiger partial charge in [0.25, 0.3) is 5.91 Å². The van der Waals surface area contributed by atoms with Crippen molar-refractivity contribution in [2.45, 2.75) is 25.4 Å². The number of esters is 1. The molecule has 1 N–H and O–H groups in total. The number of nitrogens with zero attached hydrogens (tertiary/aromatic N) is 1. The van der Waals surface area contributed by atoms with E-state index in [9.17, 15) is 9.59 Å². The lowest BCUT2D eigenvalue weighted by Gasteiger charge is -2.29. The number of nitrogens with one attached hydrogen (secondary N) is 1. The van der Waals surface area contributed by atoms with Crippen molar-refractivity contribution in [3.05, 3.63) is 70.8 Å². The highest BCUT2D eigenvalue weighted by Crippen LogP contribution is 2.20. The highest BCUT2D eigenvalue weighted by atomic mass is 16.5. The average Bonchev–Trinajstić information content (AvgIpc) is 2.92. The molecule has 2 heterocycles. The van der Waals surface area contributed by atoms with Gasteiger partial charge in [-0.2, -0.15) is 0 Å². The number of carbonyl (C=O) groups is 2. The van der Waals surface area contributed by atoms with Gasteiger partial charge in [0.2, 0.25) is 0 Å². The molecule has 2 aromatic carbocycles. The first kappa shape index (κ1) is 24.9. The van der Waals surface area contributed by atoms with Gasteiger partial charge in [0, 0.05) is 49.5 Å². The summed E-state index contributed by atoms with van der Waals surface area (Å²) in [6.07, 6.45) is 1.42. The Bertz CT molecular complexity index is 1040. The Morgan fingerprint density at radius 1 is 0.943 bits per heavy atom. The van der Waals surface area contributed by atoms with Crippen LogP contribution in [-0.4, -0.2) is 69.4 Å². The predicted molar refractivity (Wildman–Crippen MR) is 132 cm³/mol. The van der Waals surface area contributed by atoms with Crippen LogP contribution in [0.15, 0.2) is 48.5 Å². The minimum atomic E-state index is -0.679. The van der Waals surface area contributed by atoms with Crippen molar-refractivity contribution in [2.24, 2.45) is 5.92 Å². The van der Waals surface area contributed by atoms with Gasteiger partial charge in [-0.25, -0.2) is 4.79 Å². The van der Waals surface area contributed by atoms with Crippen molar-refractivity contribution < 1.29 is 23.8 Å². The van der Waals surface area contributed by atoms with Gasteiger partial charge < -0.3 is 19.5 Å². The third-order valence-electron chi connectivity index (χ3n) is 6.44. The summed E-state index contributed by atoms with van der Waals surface area (Å²) in [5.41, 5.74) is 3.49. The second-order valence-electron chi connectivity index (χ2n) is 8.84. The normalized spacial score (nSPS) is 17.6. The molecule has 0 aliphatic carbocycles. The van der Waals surface area contributed by atoms with Gasteiger partial charge >= 0.3 is 5.97 Å². The molecule has 2 aliphatic rings. The van der Waals surface area contributed by atoms with E-state index in [4.69, 9.17) is 14.2 Å². The Labute approximate surface area is 206 Å². The Balaban J connectivity index is 1.34. The Hall–Kier alpha value is -3.18. The molecule has 35 heavy (non-hydrogen) atoms. The minimum Gasteiger partial charge on any atom is -0.467 e. The van der Waals surface area contributed by atoms with E-state index in [-0.39, 0.29) is 11.8 Å². The van der Waals surface area contributed by atoms with Gasteiger partial charge in [-0.05, 0) is 60.7 Å². The highest BCUT2D eigenvalue weighted by Gasteiger charge is 2.32. The maximum Gasteiger partial charge on any atom is 0.328 e. The van der Waals surface area contributed by atoms with E-state index in [1.807, 2.05) is 24.3 Å². The van der Waals surface area contributed by atoms with Crippen LogP contribution in [0.3, 0.4) is 0 Å². The van der Waals surface area contributed by atoms with Gasteiger partial charge in [0.15, 0.2) is 0 Å². The molecular weight excluding hydrogens is 444 g/mol. The SMILES string of the molecule is COC(=O)C(NC(=O)c1ccc(C#Cc2ccc(CN3CCOCC3)cc2)cc1)C1CCOCC1. The van der Waals surface area contributed by atoms with Crippen LogP contribution in [0.25, 0.3) is 0 Å². The van der Waals surface area contributed by atoms with Crippen molar-refractivity contribution in [3.8, 4) is 11.8 Å². The molecule has 184 valence electrons. The summed E-state index contributed by atoms with van der Waals surface area (Å²) in [5, 5.41) is 2.85. The lowest BCUT2D eigenvalue weighted by molar-refractivity contribution is -0.145. The maximum atomic E-state index is 12.8. The number of benzene rings is 2. The smallest absolute Gasteiger partial charge is 0.328 e. The Morgan fingerprint density at radius 3 is 2.11 bits per heavy atom. The van der Waals surface area contributed by atoms with E-state index in [0.717, 1.165) is 44.0 Å². The first-order valence-electron chi connectivity index (χ1n) is 12.1. The maximum absolute atomic E-state index is 12.8. The van der Waals surface area contributed by atoms with Crippen LogP contribution in [0.5, 0.6) is 0 Å². The number of morpholine rings is 1. The molecule has 4 rings (SSSR count). The molecular formula is C28H32N2O5. The van der Waals surface area contributed by atoms with Crippen molar-refractivity contribution in [2.75, 3.05) is 46.6 Å². The van der Waals surface area contributed by atoms with Crippen LogP contribution in [0.2, 0.25) is 0 Å². The van der Waals surface area contributed by atoms with Crippen LogP contribution in [0, 0.1) is 17.8 Å². The largest absolute Gasteiger partial charge is 0.467 e. The molecule has 2 aromatic rings. The van der Waals surface area contributed by atoms with Gasteiger partial charge in [-0.1, -0.05) is 24.0 Å². The summed E-state index contributed by atoms with van der Waals surface area (Å²) in [4.78, 5) is 27.4. The molecule has 7 nitrogen and oxygen atoms in total. The summed E-state index contributed by atoms with van der Waals surface area (Å²) in [6.45, 7) is 5.61. The van der Waals surface area contributed by atoms with Gasteiger partial charge in [0.05, 0.1) is 20.3 Å². The molecule has 0 aromatic heterocycles. The van der Waals surface area contributed by atoms with Crippen molar-refractivity contribution in [3.63, 3.8) is 0 Å². The summed E-state index contributed by atoms with van der Waals surface area (Å²) < 4.78 is 15.7. The first-order chi connectivity index (χ1) is 17.1. The molecule has 2 saturated heterocycles. The van der Waals surface area contributed by atoms with Gasteiger partial charge in [-0.15, -0.1) is 0 Å². The molecule has 0 bridgehead atoms. The van der Waals surface area contributed by atoms with Crippen molar-refractivity contribution in [1.29, 1.82) is 0 Å². The number of ether oxygens (including phenoxy) is 3. The second-order valence-corrected chi connectivity index (χ2v) is 8.84. The molecule has 7 heteroatoms. The molecule has 1 unspecified atom stereocenters. The lowest BCUT2D eigenvalue weighted by Crippen LogP contribution is -2.48. The average molecular weight is 477 g/mol. The third-order valence-corrected chi connectivity index (χ3v) is 6.44. The topological polar surface area (TPSA) is 77.1 Å². The van der Waals surface area contributed by atoms with Crippen LogP contribution in [-0.2, 0) is 25.5 Å². The molecule has 1 atom stereocenters. The number of amides is 1. The number of hydrogen-bond acceptors (Lipinski definition) is 6. The summed E-state index contributed by atoms with van der Waals surface area (Å²) in [6, 6.07) is 14.7. The highest BCUT2D eigenvalue weighted by molar-refractivity contribution is 5.97. The van der Waals surface area contributed by atoms with E-state index in [1.165, 1.54) is 12.7 Å². The van der Waals surface area contributed by atoms with Gasteiger partial charge in [-0.3, -0.25) is 9.69 Å². The zero-order chi connectivity index (χ0) is 24.5. The van der Waals surface area contributed by atoms with Crippen LogP contribution >= 0.6 is 0 Å². The van der Waals surface area contributed by atoms with E-state index in [0.29, 0.717) is 31.6 Å². The van der Waals surface area contributed by atoms with E-state index >= 15 is 0 Å². The zero-order valence-electron chi connectivity index (χ0n) is 20.1. The van der Waals surface area contributed by atoms with E-state index in [2.05, 4.69) is 34.2 Å². The van der Waals surface area contributed by atoms with Gasteiger partial charge in [0.1, 0.15) is 6.04 Å². The fraction of sp³-hybridized carbons (Fsp3) is 0.429. The van der Waals surface area contributed by atoms with E-state index < -0.39 is 12.0 Å². The molecule has 0 spiro atoms. The predicted octanol–water partition coefficient (Wildman–Crippen LogP) is 2.62. The Morgan fingerprint density at radius 2 is 1.51 bits per heavy atom. The molecule has 2 aliphatic heterocycles. The molecule has 0 radical (unpaired) electrons. The van der Waals surface area contributed by atoms with Crippen LogP contribution in [0.1, 0.15) is 39.9 Å². The number of hydrogen-bond donors (Lipinski definition) is 1. The molecule has 0 saturated carbocycles. The van der Waals surface area contributed by atoms with E-state index in [1.54, 1.807) is 12.1 Å². The number of methoxy groups -OCH3 is 1. The van der Waals surface area contributed by atoms with Crippen LogP contribution in [0.4, 0.5) is 0 Å².